The van der Waals surface area contributed by atoms with Crippen molar-refractivity contribution in [1.29, 1.82) is 0 Å². The largest absolute Gasteiger partial charge is 0.459 e. The quantitative estimate of drug-likeness (QED) is 0.176. The standard InChI is InChI=1S/C37H37ClN2O5/c1-37(2,3)45-35(43)23-39-21-27-13-7-10-16-33(27)40(22-28(39)24-41)36(44)31-18-17-25(19-32(31)38)20-34(42)30-15-9-8-14-29(30)26-11-5-4-6-12-26/h4-19,28,41H,20-24H2,1-3H3/t28-/m0/s1. The summed E-state index contributed by atoms with van der Waals surface area (Å²) in [5, 5.41) is 10.6. The highest BCUT2D eigenvalue weighted by Crippen LogP contribution is 2.31. The van der Waals surface area contributed by atoms with Crippen LogP contribution in [-0.4, -0.2) is 59.0 Å². The van der Waals surface area contributed by atoms with E-state index in [1.165, 1.54) is 0 Å². The fourth-order valence-electron chi connectivity index (χ4n) is 5.63. The van der Waals surface area contributed by atoms with Gasteiger partial charge < -0.3 is 14.7 Å². The molecule has 1 N–H and O–H groups in total. The van der Waals surface area contributed by atoms with Crippen LogP contribution in [0.5, 0.6) is 0 Å². The zero-order valence-corrected chi connectivity index (χ0v) is 26.5. The number of aliphatic hydroxyl groups excluding tert-OH is 1. The first-order valence-electron chi connectivity index (χ1n) is 15.0. The molecule has 0 spiro atoms. The van der Waals surface area contributed by atoms with E-state index in [0.717, 1.165) is 16.7 Å². The molecule has 0 unspecified atom stereocenters. The molecule has 5 rings (SSSR count). The van der Waals surface area contributed by atoms with Crippen molar-refractivity contribution in [2.75, 3.05) is 24.6 Å². The van der Waals surface area contributed by atoms with Gasteiger partial charge in [0.2, 0.25) is 0 Å². The van der Waals surface area contributed by atoms with Gasteiger partial charge in [0.1, 0.15) is 5.60 Å². The fraction of sp³-hybridized carbons (Fsp3) is 0.270. The Morgan fingerprint density at radius 2 is 1.58 bits per heavy atom. The number of hydrogen-bond acceptors (Lipinski definition) is 6. The van der Waals surface area contributed by atoms with Crippen molar-refractivity contribution in [3.05, 3.63) is 124 Å². The lowest BCUT2D eigenvalue weighted by atomic mass is 9.94. The molecule has 4 aromatic rings. The van der Waals surface area contributed by atoms with Gasteiger partial charge in [-0.2, -0.15) is 0 Å². The van der Waals surface area contributed by atoms with Crippen LogP contribution >= 0.6 is 11.6 Å². The molecule has 0 aliphatic carbocycles. The Balaban J connectivity index is 1.38. The summed E-state index contributed by atoms with van der Waals surface area (Å²) >= 11 is 6.72. The molecule has 232 valence electrons. The van der Waals surface area contributed by atoms with Crippen molar-refractivity contribution >= 4 is 34.9 Å². The predicted octanol–water partition coefficient (Wildman–Crippen LogP) is 6.60. The molecule has 1 aliphatic rings. The van der Waals surface area contributed by atoms with Crippen molar-refractivity contribution in [3.63, 3.8) is 0 Å². The SMILES string of the molecule is CC(C)(C)OC(=O)CN1Cc2ccccc2N(C(=O)c2ccc(CC(=O)c3ccccc3-c3ccccc3)cc2Cl)C[C@H]1CO. The molecular formula is C37H37ClN2O5. The smallest absolute Gasteiger partial charge is 0.320 e. The van der Waals surface area contributed by atoms with Gasteiger partial charge in [-0.3, -0.25) is 19.3 Å². The molecule has 1 amide bonds. The maximum Gasteiger partial charge on any atom is 0.320 e. The number of hydrogen-bond donors (Lipinski definition) is 1. The number of rotatable bonds is 8. The minimum atomic E-state index is -0.643. The number of ether oxygens (including phenoxy) is 1. The topological polar surface area (TPSA) is 87.2 Å². The van der Waals surface area contributed by atoms with Gasteiger partial charge in [-0.1, -0.05) is 90.5 Å². The summed E-state index contributed by atoms with van der Waals surface area (Å²) in [4.78, 5) is 43.6. The van der Waals surface area contributed by atoms with Crippen LogP contribution in [0.4, 0.5) is 5.69 Å². The number of esters is 1. The lowest BCUT2D eigenvalue weighted by molar-refractivity contribution is -0.157. The number of ketones is 1. The van der Waals surface area contributed by atoms with Crippen molar-refractivity contribution in [3.8, 4) is 11.1 Å². The second-order valence-corrected chi connectivity index (χ2v) is 12.6. The van der Waals surface area contributed by atoms with Crippen LogP contribution in [0.3, 0.4) is 0 Å². The number of carbonyl (C=O) groups is 3. The fourth-order valence-corrected chi connectivity index (χ4v) is 5.92. The maximum atomic E-state index is 14.1. The van der Waals surface area contributed by atoms with Crippen molar-refractivity contribution in [2.24, 2.45) is 0 Å². The molecule has 1 atom stereocenters. The van der Waals surface area contributed by atoms with Crippen LogP contribution in [0.25, 0.3) is 11.1 Å². The number of Topliss-reactive ketones (excluding diaryl/α,β-unsaturated/α-hetero) is 1. The highest BCUT2D eigenvalue weighted by atomic mass is 35.5. The van der Waals surface area contributed by atoms with E-state index in [-0.39, 0.29) is 48.4 Å². The van der Waals surface area contributed by atoms with Crippen LogP contribution in [0.2, 0.25) is 5.02 Å². The molecule has 0 aromatic heterocycles. The summed E-state index contributed by atoms with van der Waals surface area (Å²) in [5.41, 5.74) is 4.29. The third-order valence-electron chi connectivity index (χ3n) is 7.71. The average molecular weight is 625 g/mol. The van der Waals surface area contributed by atoms with Gasteiger partial charge in [0, 0.05) is 30.8 Å². The summed E-state index contributed by atoms with van der Waals surface area (Å²) in [5.74, 6) is -0.794. The molecule has 8 heteroatoms. The molecule has 1 aliphatic heterocycles. The summed E-state index contributed by atoms with van der Waals surface area (Å²) in [6.45, 7) is 5.62. The number of halogens is 1. The number of benzene rings is 4. The van der Waals surface area contributed by atoms with Crippen molar-refractivity contribution < 1.29 is 24.2 Å². The number of anilines is 1. The van der Waals surface area contributed by atoms with Gasteiger partial charge >= 0.3 is 5.97 Å². The van der Waals surface area contributed by atoms with Crippen LogP contribution < -0.4 is 4.90 Å². The average Bonchev–Trinajstić information content (AvgIpc) is 3.16. The number of fused-ring (bicyclic) bond motifs is 1. The Labute approximate surface area is 269 Å². The van der Waals surface area contributed by atoms with Crippen LogP contribution in [-0.2, 0) is 22.5 Å². The number of para-hydroxylation sites is 1. The first-order chi connectivity index (χ1) is 21.5. The van der Waals surface area contributed by atoms with E-state index in [1.807, 2.05) is 83.8 Å². The lowest BCUT2D eigenvalue weighted by Gasteiger charge is -2.31. The van der Waals surface area contributed by atoms with Crippen molar-refractivity contribution in [1.82, 2.24) is 4.90 Å². The predicted molar refractivity (Wildman–Crippen MR) is 177 cm³/mol. The first kappa shape index (κ1) is 32.1. The molecule has 45 heavy (non-hydrogen) atoms. The molecule has 4 aromatic carbocycles. The van der Waals surface area contributed by atoms with Gasteiger partial charge in [-0.15, -0.1) is 0 Å². The van der Waals surface area contributed by atoms with E-state index in [1.54, 1.807) is 43.9 Å². The van der Waals surface area contributed by atoms with E-state index < -0.39 is 17.6 Å². The normalized spacial score (nSPS) is 15.2. The minimum absolute atomic E-state index is 0.0320. The highest BCUT2D eigenvalue weighted by molar-refractivity contribution is 6.34. The van der Waals surface area contributed by atoms with Gasteiger partial charge in [0.05, 0.1) is 29.8 Å². The number of nitrogens with zero attached hydrogens (tertiary/aromatic N) is 2. The van der Waals surface area contributed by atoms with Crippen LogP contribution in [0, 0.1) is 0 Å². The third kappa shape index (κ3) is 7.68. The lowest BCUT2D eigenvalue weighted by Crippen LogP contribution is -2.48. The Morgan fingerprint density at radius 3 is 2.29 bits per heavy atom. The molecule has 1 heterocycles. The molecule has 0 saturated carbocycles. The van der Waals surface area contributed by atoms with Gasteiger partial charge in [0.25, 0.3) is 5.91 Å². The van der Waals surface area contributed by atoms with E-state index >= 15 is 0 Å². The molecule has 7 nitrogen and oxygen atoms in total. The Kier molecular flexibility index (Phi) is 9.83. The zero-order valence-electron chi connectivity index (χ0n) is 25.7. The summed E-state index contributed by atoms with van der Waals surface area (Å²) in [7, 11) is 0. The monoisotopic (exact) mass is 624 g/mol. The minimum Gasteiger partial charge on any atom is -0.459 e. The summed E-state index contributed by atoms with van der Waals surface area (Å²) < 4.78 is 5.53. The van der Waals surface area contributed by atoms with Crippen LogP contribution in [0.15, 0.2) is 97.1 Å². The van der Waals surface area contributed by atoms with E-state index in [2.05, 4.69) is 0 Å². The summed E-state index contributed by atoms with van der Waals surface area (Å²) in [6.07, 6.45) is 0.122. The zero-order chi connectivity index (χ0) is 32.1. The molecule has 0 fully saturated rings. The Bertz CT molecular complexity index is 1700. The van der Waals surface area contributed by atoms with E-state index in [9.17, 15) is 19.5 Å². The second-order valence-electron chi connectivity index (χ2n) is 12.2. The van der Waals surface area contributed by atoms with Gasteiger partial charge in [0.15, 0.2) is 5.78 Å². The van der Waals surface area contributed by atoms with E-state index in [0.29, 0.717) is 23.4 Å². The molecular weight excluding hydrogens is 588 g/mol. The van der Waals surface area contributed by atoms with E-state index in [4.69, 9.17) is 16.3 Å². The first-order valence-corrected chi connectivity index (χ1v) is 15.3. The van der Waals surface area contributed by atoms with Crippen molar-refractivity contribution in [2.45, 2.75) is 45.4 Å². The Morgan fingerprint density at radius 1 is 0.889 bits per heavy atom. The molecule has 0 bridgehead atoms. The number of carbonyl (C=O) groups excluding carboxylic acids is 3. The van der Waals surface area contributed by atoms with Gasteiger partial charge in [-0.25, -0.2) is 0 Å². The molecule has 0 radical (unpaired) electrons. The van der Waals surface area contributed by atoms with Crippen LogP contribution in [0.1, 0.15) is 52.6 Å². The third-order valence-corrected chi connectivity index (χ3v) is 8.03. The second kappa shape index (κ2) is 13.8. The van der Waals surface area contributed by atoms with Gasteiger partial charge in [-0.05, 0) is 61.2 Å². The Hall–Kier alpha value is -4.30. The molecule has 0 saturated heterocycles. The number of amides is 1. The highest BCUT2D eigenvalue weighted by Gasteiger charge is 2.33. The maximum absolute atomic E-state index is 14.1. The number of aliphatic hydroxyl groups is 1. The summed E-state index contributed by atoms with van der Waals surface area (Å²) in [6, 6.07) is 29.3.